The highest BCUT2D eigenvalue weighted by Crippen LogP contribution is 2.01. The van der Waals surface area contributed by atoms with Crippen LogP contribution >= 0.6 is 0 Å². The smallest absolute Gasteiger partial charge is 0.0886 e. The van der Waals surface area contributed by atoms with Crippen LogP contribution in [0.4, 0.5) is 0 Å². The molecule has 58 valence electrons. The van der Waals surface area contributed by atoms with E-state index in [2.05, 4.69) is 6.58 Å². The van der Waals surface area contributed by atoms with Crippen molar-refractivity contribution >= 4 is 0 Å². The topological polar surface area (TPSA) is 40.5 Å². The predicted molar refractivity (Wildman–Crippen MR) is 41.8 cm³/mol. The Hall–Kier alpha value is -0.760. The summed E-state index contributed by atoms with van der Waals surface area (Å²) in [6.45, 7) is 3.62. The molecule has 0 aromatic rings. The van der Waals surface area contributed by atoms with Gasteiger partial charge in [-0.2, -0.15) is 0 Å². The van der Waals surface area contributed by atoms with Crippen LogP contribution in [0.15, 0.2) is 24.5 Å². The third-order valence-electron chi connectivity index (χ3n) is 1.11. The largest absolute Gasteiger partial charge is 0.513 e. The van der Waals surface area contributed by atoms with E-state index in [0.29, 0.717) is 18.6 Å². The van der Waals surface area contributed by atoms with Crippen LogP contribution in [0.1, 0.15) is 19.3 Å². The summed E-state index contributed by atoms with van der Waals surface area (Å²) in [7, 11) is 0. The van der Waals surface area contributed by atoms with Crippen LogP contribution in [0, 0.1) is 0 Å². The number of hydrogen-bond acceptors (Lipinski definition) is 2. The van der Waals surface area contributed by atoms with Crippen molar-refractivity contribution in [3.05, 3.63) is 24.5 Å². The molecule has 2 heteroatoms. The van der Waals surface area contributed by atoms with Crippen molar-refractivity contribution in [1.82, 2.24) is 0 Å². The molecule has 0 aromatic carbocycles. The standard InChI is InChI=1S/C8H14O2/c1-2-3-5-8(10)6-4-7-9/h2,6,9-10H,1,3-5,7H2/b8-6-. The van der Waals surface area contributed by atoms with Crippen molar-refractivity contribution in [3.63, 3.8) is 0 Å². The third-order valence-corrected chi connectivity index (χ3v) is 1.11. The zero-order valence-electron chi connectivity index (χ0n) is 6.08. The molecule has 0 aromatic heterocycles. The lowest BCUT2D eigenvalue weighted by molar-refractivity contribution is 0.298. The predicted octanol–water partition coefficient (Wildman–Crippen LogP) is 1.78. The maximum absolute atomic E-state index is 9.01. The Morgan fingerprint density at radius 1 is 1.40 bits per heavy atom. The first-order valence-electron chi connectivity index (χ1n) is 3.41. The second kappa shape index (κ2) is 6.36. The van der Waals surface area contributed by atoms with Crippen molar-refractivity contribution in [3.8, 4) is 0 Å². The Morgan fingerprint density at radius 2 is 2.10 bits per heavy atom. The molecule has 0 atom stereocenters. The molecule has 0 radical (unpaired) electrons. The Morgan fingerprint density at radius 3 is 2.60 bits per heavy atom. The second-order valence-corrected chi connectivity index (χ2v) is 2.04. The quantitative estimate of drug-likeness (QED) is 0.453. The minimum absolute atomic E-state index is 0.0954. The van der Waals surface area contributed by atoms with Gasteiger partial charge in [-0.05, 0) is 18.9 Å². The third kappa shape index (κ3) is 5.38. The molecule has 2 N–H and O–H groups in total. The molecular weight excluding hydrogens is 128 g/mol. The first kappa shape index (κ1) is 9.24. The summed E-state index contributed by atoms with van der Waals surface area (Å²) < 4.78 is 0. The highest BCUT2D eigenvalue weighted by molar-refractivity contribution is 4.92. The lowest BCUT2D eigenvalue weighted by Crippen LogP contribution is -1.83. The summed E-state index contributed by atoms with van der Waals surface area (Å²) in [4.78, 5) is 0. The molecule has 0 fully saturated rings. The fourth-order valence-electron chi connectivity index (χ4n) is 0.583. The van der Waals surface area contributed by atoms with Gasteiger partial charge in [0.05, 0.1) is 5.76 Å². The zero-order valence-corrected chi connectivity index (χ0v) is 6.08. The molecule has 2 nitrogen and oxygen atoms in total. The lowest BCUT2D eigenvalue weighted by Gasteiger charge is -1.94. The average Bonchev–Trinajstić information content (AvgIpc) is 1.97. The van der Waals surface area contributed by atoms with Gasteiger partial charge in [-0.15, -0.1) is 6.58 Å². The van der Waals surface area contributed by atoms with Gasteiger partial charge in [0.15, 0.2) is 0 Å². The molecule has 0 aliphatic heterocycles. The summed E-state index contributed by atoms with van der Waals surface area (Å²) >= 11 is 0. The van der Waals surface area contributed by atoms with Crippen LogP contribution in [0.25, 0.3) is 0 Å². The van der Waals surface area contributed by atoms with Crippen molar-refractivity contribution in [2.75, 3.05) is 6.61 Å². The number of aliphatic hydroxyl groups is 2. The molecule has 0 saturated carbocycles. The first-order valence-corrected chi connectivity index (χ1v) is 3.41. The van der Waals surface area contributed by atoms with Crippen LogP contribution < -0.4 is 0 Å². The molecular formula is C8H14O2. The minimum atomic E-state index is 0.0954. The van der Waals surface area contributed by atoms with Gasteiger partial charge in [-0.3, -0.25) is 0 Å². The fraction of sp³-hybridized carbons (Fsp3) is 0.500. The van der Waals surface area contributed by atoms with Gasteiger partial charge >= 0.3 is 0 Å². The van der Waals surface area contributed by atoms with E-state index in [4.69, 9.17) is 10.2 Å². The maximum atomic E-state index is 9.01. The summed E-state index contributed by atoms with van der Waals surface area (Å²) in [5, 5.41) is 17.4. The Labute approximate surface area is 61.5 Å². The molecule has 0 amide bonds. The van der Waals surface area contributed by atoms with Gasteiger partial charge in [0.2, 0.25) is 0 Å². The number of hydrogen-bond donors (Lipinski definition) is 2. The van der Waals surface area contributed by atoms with Gasteiger partial charge in [0, 0.05) is 13.0 Å². The van der Waals surface area contributed by atoms with E-state index in [1.807, 2.05) is 0 Å². The summed E-state index contributed by atoms with van der Waals surface area (Å²) in [6, 6.07) is 0. The summed E-state index contributed by atoms with van der Waals surface area (Å²) in [6.07, 6.45) is 5.33. The van der Waals surface area contributed by atoms with E-state index < -0.39 is 0 Å². The summed E-state index contributed by atoms with van der Waals surface area (Å²) in [5.41, 5.74) is 0. The van der Waals surface area contributed by atoms with Gasteiger partial charge in [-0.25, -0.2) is 0 Å². The van der Waals surface area contributed by atoms with E-state index in [1.165, 1.54) is 0 Å². The fourth-order valence-corrected chi connectivity index (χ4v) is 0.583. The van der Waals surface area contributed by atoms with Gasteiger partial charge in [-0.1, -0.05) is 6.08 Å². The van der Waals surface area contributed by atoms with E-state index >= 15 is 0 Å². The van der Waals surface area contributed by atoms with Gasteiger partial charge in [0.1, 0.15) is 0 Å². The highest BCUT2D eigenvalue weighted by Gasteiger charge is 1.88. The van der Waals surface area contributed by atoms with Crippen LogP contribution in [0.5, 0.6) is 0 Å². The maximum Gasteiger partial charge on any atom is 0.0886 e. The molecule has 0 heterocycles. The normalized spacial score (nSPS) is 11.5. The number of rotatable bonds is 5. The Bertz CT molecular complexity index is 116. The second-order valence-electron chi connectivity index (χ2n) is 2.04. The van der Waals surface area contributed by atoms with Crippen LogP contribution in [-0.4, -0.2) is 16.8 Å². The number of aliphatic hydroxyl groups excluding tert-OH is 2. The summed E-state index contributed by atoms with van der Waals surface area (Å²) in [5.74, 6) is 0.342. The number of allylic oxidation sites excluding steroid dienone is 2. The van der Waals surface area contributed by atoms with Crippen molar-refractivity contribution < 1.29 is 10.2 Å². The van der Waals surface area contributed by atoms with Crippen LogP contribution in [0.2, 0.25) is 0 Å². The average molecular weight is 142 g/mol. The molecule has 0 spiro atoms. The minimum Gasteiger partial charge on any atom is -0.513 e. The molecule has 10 heavy (non-hydrogen) atoms. The lowest BCUT2D eigenvalue weighted by atomic mass is 10.2. The molecule has 0 aliphatic rings. The highest BCUT2D eigenvalue weighted by atomic mass is 16.3. The molecule has 0 aliphatic carbocycles. The zero-order chi connectivity index (χ0) is 7.82. The van der Waals surface area contributed by atoms with Crippen molar-refractivity contribution in [2.24, 2.45) is 0 Å². The molecule has 0 unspecified atom stereocenters. The van der Waals surface area contributed by atoms with Gasteiger partial charge in [0.25, 0.3) is 0 Å². The molecule has 0 saturated heterocycles. The van der Waals surface area contributed by atoms with E-state index in [9.17, 15) is 0 Å². The van der Waals surface area contributed by atoms with Crippen molar-refractivity contribution in [1.29, 1.82) is 0 Å². The van der Waals surface area contributed by atoms with E-state index in [1.54, 1.807) is 12.2 Å². The Balaban J connectivity index is 3.38. The Kier molecular flexibility index (Phi) is 5.88. The van der Waals surface area contributed by atoms with E-state index in [0.717, 1.165) is 6.42 Å². The SMILES string of the molecule is C=CCC/C(O)=C/CCO. The van der Waals surface area contributed by atoms with E-state index in [-0.39, 0.29) is 6.61 Å². The monoisotopic (exact) mass is 142 g/mol. The molecule has 0 bridgehead atoms. The van der Waals surface area contributed by atoms with Crippen LogP contribution in [0.3, 0.4) is 0 Å². The van der Waals surface area contributed by atoms with Crippen molar-refractivity contribution in [2.45, 2.75) is 19.3 Å². The van der Waals surface area contributed by atoms with Crippen LogP contribution in [-0.2, 0) is 0 Å². The first-order chi connectivity index (χ1) is 4.81. The van der Waals surface area contributed by atoms with Gasteiger partial charge < -0.3 is 10.2 Å². The molecule has 0 rings (SSSR count).